The van der Waals surface area contributed by atoms with E-state index >= 15 is 0 Å². The average molecular weight is 232 g/mol. The Kier molecular flexibility index (Phi) is 2.93. The summed E-state index contributed by atoms with van der Waals surface area (Å²) < 4.78 is 4.71. The van der Waals surface area contributed by atoms with E-state index in [1.165, 1.54) is 7.11 Å². The number of anilines is 1. The first-order chi connectivity index (χ1) is 8.19. The molecular formula is C11H12N4O2. The summed E-state index contributed by atoms with van der Waals surface area (Å²) in [5.74, 6) is -0.454. The first kappa shape index (κ1) is 11.4. The molecule has 0 saturated carbocycles. The van der Waals surface area contributed by atoms with E-state index in [1.807, 2.05) is 6.07 Å². The molecule has 6 heteroatoms. The number of aromatic nitrogens is 1. The minimum absolute atomic E-state index is 0.0790. The molecular weight excluding hydrogens is 220 g/mol. The van der Waals surface area contributed by atoms with E-state index < -0.39 is 5.97 Å². The van der Waals surface area contributed by atoms with Crippen molar-refractivity contribution in [3.63, 3.8) is 0 Å². The van der Waals surface area contributed by atoms with Crippen LogP contribution in [0.1, 0.15) is 27.2 Å². The second-order valence-electron chi connectivity index (χ2n) is 3.70. The highest BCUT2D eigenvalue weighted by Crippen LogP contribution is 2.25. The van der Waals surface area contributed by atoms with E-state index in [0.717, 1.165) is 12.1 Å². The van der Waals surface area contributed by atoms with Crippen LogP contribution in [0.3, 0.4) is 0 Å². The average Bonchev–Trinajstić information content (AvgIpc) is 2.36. The summed E-state index contributed by atoms with van der Waals surface area (Å²) in [5.41, 5.74) is 7.53. The summed E-state index contributed by atoms with van der Waals surface area (Å²) in [4.78, 5) is 15.9. The molecule has 3 N–H and O–H groups in total. The van der Waals surface area contributed by atoms with Gasteiger partial charge in [0.15, 0.2) is 0 Å². The third-order valence-corrected chi connectivity index (χ3v) is 2.76. The van der Waals surface area contributed by atoms with Gasteiger partial charge in [-0.05, 0) is 18.5 Å². The molecule has 2 rings (SSSR count). The summed E-state index contributed by atoms with van der Waals surface area (Å²) in [5, 5.41) is 12.2. The van der Waals surface area contributed by atoms with Gasteiger partial charge < -0.3 is 15.8 Å². The molecule has 0 bridgehead atoms. The third kappa shape index (κ3) is 1.81. The summed E-state index contributed by atoms with van der Waals surface area (Å²) in [6, 6.07) is 1.92. The van der Waals surface area contributed by atoms with Gasteiger partial charge in [0.2, 0.25) is 0 Å². The van der Waals surface area contributed by atoms with Crippen molar-refractivity contribution in [2.45, 2.75) is 13.0 Å². The van der Waals surface area contributed by atoms with Crippen molar-refractivity contribution in [1.29, 1.82) is 5.26 Å². The summed E-state index contributed by atoms with van der Waals surface area (Å²) >= 11 is 0. The smallest absolute Gasteiger partial charge is 0.339 e. The van der Waals surface area contributed by atoms with Crippen LogP contribution < -0.4 is 11.1 Å². The van der Waals surface area contributed by atoms with Gasteiger partial charge >= 0.3 is 5.97 Å². The number of hydrogen-bond donors (Lipinski definition) is 2. The number of fused-ring (bicyclic) bond motifs is 1. The van der Waals surface area contributed by atoms with Crippen LogP contribution in [0.15, 0.2) is 0 Å². The Balaban J connectivity index is 2.71. The molecule has 0 spiro atoms. The number of nitrogens with one attached hydrogen (secondary N) is 1. The molecule has 0 aliphatic carbocycles. The Labute approximate surface area is 98.4 Å². The van der Waals surface area contributed by atoms with Crippen molar-refractivity contribution in [2.75, 3.05) is 19.4 Å². The highest BCUT2D eigenvalue weighted by atomic mass is 16.5. The first-order valence-corrected chi connectivity index (χ1v) is 5.19. The number of nitrogens with zero attached hydrogens (tertiary/aromatic N) is 2. The van der Waals surface area contributed by atoms with Crippen molar-refractivity contribution >= 4 is 11.8 Å². The zero-order valence-electron chi connectivity index (χ0n) is 9.41. The number of nitrogens with two attached hydrogens (primary N) is 1. The largest absolute Gasteiger partial charge is 0.465 e. The van der Waals surface area contributed by atoms with Crippen molar-refractivity contribution < 1.29 is 9.53 Å². The molecule has 0 atom stereocenters. The van der Waals surface area contributed by atoms with Crippen LogP contribution in [-0.4, -0.2) is 24.6 Å². The fraction of sp³-hybridized carbons (Fsp3) is 0.364. The van der Waals surface area contributed by atoms with E-state index in [0.29, 0.717) is 18.7 Å². The summed E-state index contributed by atoms with van der Waals surface area (Å²) in [7, 11) is 1.29. The molecule has 6 nitrogen and oxygen atoms in total. The quantitative estimate of drug-likeness (QED) is 0.659. The fourth-order valence-corrected chi connectivity index (χ4v) is 1.97. The number of nitrogen functional groups attached to an aromatic ring is 1. The number of methoxy groups -OCH3 is 1. The van der Waals surface area contributed by atoms with E-state index in [-0.39, 0.29) is 16.9 Å². The topological polar surface area (TPSA) is 101 Å². The van der Waals surface area contributed by atoms with Gasteiger partial charge in [-0.25, -0.2) is 9.78 Å². The molecule has 2 heterocycles. The first-order valence-electron chi connectivity index (χ1n) is 5.19. The molecule has 1 aliphatic rings. The van der Waals surface area contributed by atoms with Gasteiger partial charge in [-0.15, -0.1) is 0 Å². The minimum atomic E-state index is -0.534. The second-order valence-corrected chi connectivity index (χ2v) is 3.70. The lowest BCUT2D eigenvalue weighted by Gasteiger charge is -2.20. The fourth-order valence-electron chi connectivity index (χ4n) is 1.97. The predicted molar refractivity (Wildman–Crippen MR) is 60.1 cm³/mol. The van der Waals surface area contributed by atoms with Gasteiger partial charge in [0.25, 0.3) is 0 Å². The zero-order chi connectivity index (χ0) is 12.4. The van der Waals surface area contributed by atoms with E-state index in [1.54, 1.807) is 0 Å². The van der Waals surface area contributed by atoms with Crippen molar-refractivity contribution in [3.8, 4) is 6.07 Å². The number of rotatable bonds is 1. The molecule has 0 unspecified atom stereocenters. The number of ether oxygens (including phenoxy) is 1. The van der Waals surface area contributed by atoms with Gasteiger partial charge in [-0.3, -0.25) is 0 Å². The Bertz CT molecular complexity index is 519. The number of nitriles is 1. The van der Waals surface area contributed by atoms with Crippen LogP contribution in [0, 0.1) is 11.3 Å². The van der Waals surface area contributed by atoms with Gasteiger partial charge in [0, 0.05) is 6.54 Å². The van der Waals surface area contributed by atoms with Gasteiger partial charge in [0.1, 0.15) is 17.5 Å². The lowest BCUT2D eigenvalue weighted by Crippen LogP contribution is -2.28. The van der Waals surface area contributed by atoms with Crippen LogP contribution in [0.4, 0.5) is 5.82 Å². The SMILES string of the molecule is COC(=O)c1c(C#N)c(N)nc2c1CCNC2. The lowest BCUT2D eigenvalue weighted by atomic mass is 9.96. The molecule has 0 amide bonds. The Hall–Kier alpha value is -2.13. The number of carbonyl (C=O) groups excluding carboxylic acids is 1. The molecule has 0 radical (unpaired) electrons. The van der Waals surface area contributed by atoms with Crippen molar-refractivity contribution in [2.24, 2.45) is 0 Å². The lowest BCUT2D eigenvalue weighted by molar-refractivity contribution is 0.0598. The van der Waals surface area contributed by atoms with E-state index in [2.05, 4.69) is 10.3 Å². The predicted octanol–water partition coefficient (Wildman–Crippen LogP) is -0.0322. The zero-order valence-corrected chi connectivity index (χ0v) is 9.41. The van der Waals surface area contributed by atoms with Crippen LogP contribution in [0.5, 0.6) is 0 Å². The molecule has 17 heavy (non-hydrogen) atoms. The highest BCUT2D eigenvalue weighted by molar-refractivity contribution is 5.95. The van der Waals surface area contributed by atoms with Crippen molar-refractivity contribution in [1.82, 2.24) is 10.3 Å². The maximum Gasteiger partial charge on any atom is 0.339 e. The standard InChI is InChI=1S/C11H12N4O2/c1-17-11(16)9-6-2-3-14-5-8(6)15-10(13)7(9)4-12/h14H,2-3,5H2,1H3,(H2,13,15). The molecule has 1 aromatic heterocycles. The third-order valence-electron chi connectivity index (χ3n) is 2.76. The van der Waals surface area contributed by atoms with Crippen LogP contribution in [0.25, 0.3) is 0 Å². The molecule has 0 fully saturated rings. The number of hydrogen-bond acceptors (Lipinski definition) is 6. The van der Waals surface area contributed by atoms with E-state index in [4.69, 9.17) is 15.7 Å². The molecule has 88 valence electrons. The highest BCUT2D eigenvalue weighted by Gasteiger charge is 2.25. The van der Waals surface area contributed by atoms with E-state index in [9.17, 15) is 4.79 Å². The molecule has 0 aromatic carbocycles. The van der Waals surface area contributed by atoms with Gasteiger partial charge in [0.05, 0.1) is 18.4 Å². The number of esters is 1. The Morgan fingerprint density at radius 3 is 3.06 bits per heavy atom. The minimum Gasteiger partial charge on any atom is -0.465 e. The maximum absolute atomic E-state index is 11.7. The normalized spacial score (nSPS) is 13.6. The summed E-state index contributed by atoms with van der Waals surface area (Å²) in [6.45, 7) is 1.29. The number of pyridine rings is 1. The molecule has 1 aliphatic heterocycles. The van der Waals surface area contributed by atoms with Crippen molar-refractivity contribution in [3.05, 3.63) is 22.4 Å². The molecule has 1 aromatic rings. The van der Waals surface area contributed by atoms with Crippen LogP contribution in [0.2, 0.25) is 0 Å². The van der Waals surface area contributed by atoms with Gasteiger partial charge in [-0.2, -0.15) is 5.26 Å². The number of carbonyl (C=O) groups is 1. The Morgan fingerprint density at radius 2 is 2.41 bits per heavy atom. The second kappa shape index (κ2) is 4.39. The molecule has 0 saturated heterocycles. The van der Waals surface area contributed by atoms with Crippen LogP contribution in [-0.2, 0) is 17.7 Å². The van der Waals surface area contributed by atoms with Gasteiger partial charge in [-0.1, -0.05) is 0 Å². The van der Waals surface area contributed by atoms with Crippen LogP contribution >= 0.6 is 0 Å². The Morgan fingerprint density at radius 1 is 1.65 bits per heavy atom. The summed E-state index contributed by atoms with van der Waals surface area (Å²) in [6.07, 6.45) is 0.641. The maximum atomic E-state index is 11.7. The monoisotopic (exact) mass is 232 g/mol.